The third kappa shape index (κ3) is 2.04. The van der Waals surface area contributed by atoms with E-state index < -0.39 is 0 Å². The molecule has 15 heavy (non-hydrogen) atoms. The molecule has 3 atom stereocenters. The van der Waals surface area contributed by atoms with Gasteiger partial charge in [-0.15, -0.1) is 11.6 Å². The molecular formula is C12H20ClNO. The van der Waals surface area contributed by atoms with Crippen LogP contribution in [0.2, 0.25) is 0 Å². The largest absolute Gasteiger partial charge is 0.381 e. The monoisotopic (exact) mass is 229 g/mol. The molecule has 0 aromatic carbocycles. The average Bonchev–Trinajstić information content (AvgIpc) is 2.77. The molecule has 0 saturated carbocycles. The first-order valence-corrected chi connectivity index (χ1v) is 6.74. The number of fused-ring (bicyclic) bond motifs is 2. The molecule has 0 spiro atoms. The molecule has 0 N–H and O–H groups in total. The van der Waals surface area contributed by atoms with Gasteiger partial charge in [0.1, 0.15) is 0 Å². The molecule has 3 rings (SSSR count). The summed E-state index contributed by atoms with van der Waals surface area (Å²) in [5, 5.41) is 0.443. The van der Waals surface area contributed by atoms with Crippen molar-refractivity contribution in [3.63, 3.8) is 0 Å². The summed E-state index contributed by atoms with van der Waals surface area (Å²) in [6.45, 7) is 3.23. The second-order valence-electron chi connectivity index (χ2n) is 5.38. The topological polar surface area (TPSA) is 12.5 Å². The highest BCUT2D eigenvalue weighted by molar-refractivity contribution is 6.20. The first-order chi connectivity index (χ1) is 7.33. The molecule has 0 aromatic rings. The van der Waals surface area contributed by atoms with Gasteiger partial charge in [-0.2, -0.15) is 0 Å². The fourth-order valence-electron chi connectivity index (χ4n) is 3.53. The number of rotatable bonds is 2. The fraction of sp³-hybridized carbons (Fsp3) is 1.00. The Morgan fingerprint density at radius 3 is 2.47 bits per heavy atom. The molecule has 0 aliphatic carbocycles. The van der Waals surface area contributed by atoms with Crippen molar-refractivity contribution in [2.75, 3.05) is 19.8 Å². The van der Waals surface area contributed by atoms with E-state index in [1.54, 1.807) is 0 Å². The molecule has 2 bridgehead atoms. The van der Waals surface area contributed by atoms with Crippen molar-refractivity contribution < 1.29 is 4.74 Å². The summed E-state index contributed by atoms with van der Waals surface area (Å²) in [6, 6.07) is 1.57. The van der Waals surface area contributed by atoms with Crippen molar-refractivity contribution in [3.8, 4) is 0 Å². The van der Waals surface area contributed by atoms with E-state index in [2.05, 4.69) is 4.90 Å². The summed E-state index contributed by atoms with van der Waals surface area (Å²) in [7, 11) is 0. The van der Waals surface area contributed by atoms with Gasteiger partial charge >= 0.3 is 0 Å². The Kier molecular flexibility index (Phi) is 2.92. The maximum atomic E-state index is 6.28. The highest BCUT2D eigenvalue weighted by atomic mass is 35.5. The van der Waals surface area contributed by atoms with Crippen LogP contribution in [-0.4, -0.2) is 42.1 Å². The van der Waals surface area contributed by atoms with Crippen LogP contribution in [0.15, 0.2) is 0 Å². The van der Waals surface area contributed by atoms with E-state index in [4.69, 9.17) is 16.3 Å². The molecule has 3 saturated heterocycles. The average molecular weight is 230 g/mol. The third-order valence-corrected chi connectivity index (χ3v) is 4.68. The maximum absolute atomic E-state index is 6.28. The van der Waals surface area contributed by atoms with E-state index in [9.17, 15) is 0 Å². The van der Waals surface area contributed by atoms with Crippen LogP contribution in [0.25, 0.3) is 0 Å². The van der Waals surface area contributed by atoms with Gasteiger partial charge in [0.2, 0.25) is 0 Å². The number of alkyl halides is 1. The smallest absolute Gasteiger partial charge is 0.0507 e. The highest BCUT2D eigenvalue weighted by Crippen LogP contribution is 2.38. The number of nitrogens with zero attached hydrogens (tertiary/aromatic N) is 1. The summed E-state index contributed by atoms with van der Waals surface area (Å²) >= 11 is 6.28. The van der Waals surface area contributed by atoms with E-state index in [-0.39, 0.29) is 0 Å². The minimum Gasteiger partial charge on any atom is -0.381 e. The number of hydrogen-bond donors (Lipinski definition) is 0. The lowest BCUT2D eigenvalue weighted by Gasteiger charge is -2.38. The van der Waals surface area contributed by atoms with Gasteiger partial charge in [-0.3, -0.25) is 4.90 Å². The van der Waals surface area contributed by atoms with Gasteiger partial charge in [0, 0.05) is 30.6 Å². The molecule has 3 aliphatic rings. The minimum absolute atomic E-state index is 0.443. The Labute approximate surface area is 96.9 Å². The van der Waals surface area contributed by atoms with Crippen LogP contribution in [0.5, 0.6) is 0 Å². The van der Waals surface area contributed by atoms with Gasteiger partial charge in [0.15, 0.2) is 0 Å². The van der Waals surface area contributed by atoms with Crippen LogP contribution in [0.1, 0.15) is 32.1 Å². The van der Waals surface area contributed by atoms with E-state index in [0.29, 0.717) is 5.38 Å². The van der Waals surface area contributed by atoms with Gasteiger partial charge < -0.3 is 4.74 Å². The second-order valence-corrected chi connectivity index (χ2v) is 6.00. The molecule has 0 amide bonds. The molecule has 86 valence electrons. The summed E-state index contributed by atoms with van der Waals surface area (Å²) < 4.78 is 5.46. The van der Waals surface area contributed by atoms with Crippen LogP contribution in [0.3, 0.4) is 0 Å². The highest BCUT2D eigenvalue weighted by Gasteiger charge is 2.40. The summed E-state index contributed by atoms with van der Waals surface area (Å²) in [5.41, 5.74) is 0. The zero-order chi connectivity index (χ0) is 10.3. The van der Waals surface area contributed by atoms with Gasteiger partial charge in [0.25, 0.3) is 0 Å². The first kappa shape index (κ1) is 10.4. The zero-order valence-corrected chi connectivity index (χ0v) is 9.96. The molecule has 0 aromatic heterocycles. The molecule has 2 nitrogen and oxygen atoms in total. The number of piperidine rings is 1. The predicted octanol–water partition coefficient (Wildman–Crippen LogP) is 2.26. The van der Waals surface area contributed by atoms with Crippen molar-refractivity contribution in [1.82, 2.24) is 4.90 Å². The molecule has 3 aliphatic heterocycles. The second kappa shape index (κ2) is 4.23. The van der Waals surface area contributed by atoms with E-state index >= 15 is 0 Å². The van der Waals surface area contributed by atoms with Crippen molar-refractivity contribution in [2.45, 2.75) is 49.6 Å². The van der Waals surface area contributed by atoms with Gasteiger partial charge in [-0.1, -0.05) is 0 Å². The SMILES string of the molecule is ClC1CC2CCC(C1)N2CC1CCOC1. The Morgan fingerprint density at radius 1 is 1.13 bits per heavy atom. The van der Waals surface area contributed by atoms with Gasteiger partial charge in [0.05, 0.1) is 6.61 Å². The van der Waals surface area contributed by atoms with E-state index in [1.165, 1.54) is 38.6 Å². The first-order valence-electron chi connectivity index (χ1n) is 6.30. The number of ether oxygens (including phenoxy) is 1. The lowest BCUT2D eigenvalue weighted by Crippen LogP contribution is -2.45. The van der Waals surface area contributed by atoms with Gasteiger partial charge in [-0.25, -0.2) is 0 Å². The molecule has 0 radical (unpaired) electrons. The summed E-state index contributed by atoms with van der Waals surface area (Å²) in [5.74, 6) is 0.792. The van der Waals surface area contributed by atoms with Crippen molar-refractivity contribution in [3.05, 3.63) is 0 Å². The minimum atomic E-state index is 0.443. The summed E-state index contributed by atoms with van der Waals surface area (Å²) in [6.07, 6.45) is 6.44. The predicted molar refractivity (Wildman–Crippen MR) is 61.3 cm³/mol. The Balaban J connectivity index is 1.61. The number of halogens is 1. The summed E-state index contributed by atoms with van der Waals surface area (Å²) in [4.78, 5) is 2.73. The van der Waals surface area contributed by atoms with Crippen LogP contribution in [-0.2, 0) is 4.74 Å². The maximum Gasteiger partial charge on any atom is 0.0507 e. The molecular weight excluding hydrogens is 210 g/mol. The lowest BCUT2D eigenvalue weighted by molar-refractivity contribution is 0.109. The Hall–Kier alpha value is 0.210. The van der Waals surface area contributed by atoms with Crippen LogP contribution in [0, 0.1) is 5.92 Å². The molecule has 3 heterocycles. The van der Waals surface area contributed by atoms with Crippen LogP contribution >= 0.6 is 11.6 Å². The Bertz CT molecular complexity index is 216. The van der Waals surface area contributed by atoms with Gasteiger partial charge in [-0.05, 0) is 38.0 Å². The normalized spacial score (nSPS) is 46.2. The molecule has 3 heteroatoms. The van der Waals surface area contributed by atoms with E-state index in [0.717, 1.165) is 31.2 Å². The molecule has 3 fully saturated rings. The van der Waals surface area contributed by atoms with Crippen LogP contribution in [0.4, 0.5) is 0 Å². The fourth-order valence-corrected chi connectivity index (χ4v) is 3.94. The third-order valence-electron chi connectivity index (χ3n) is 4.32. The standard InChI is InChI=1S/C12H20ClNO/c13-10-5-11-1-2-12(6-10)14(11)7-9-3-4-15-8-9/h9-12H,1-8H2. The van der Waals surface area contributed by atoms with Crippen molar-refractivity contribution in [1.29, 1.82) is 0 Å². The van der Waals surface area contributed by atoms with Crippen LogP contribution < -0.4 is 0 Å². The lowest BCUT2D eigenvalue weighted by atomic mass is 9.99. The van der Waals surface area contributed by atoms with E-state index in [1.807, 2.05) is 0 Å². The van der Waals surface area contributed by atoms with Crippen molar-refractivity contribution >= 4 is 11.6 Å². The quantitative estimate of drug-likeness (QED) is 0.674. The zero-order valence-electron chi connectivity index (χ0n) is 9.20. The van der Waals surface area contributed by atoms with Crippen molar-refractivity contribution in [2.24, 2.45) is 5.92 Å². The number of hydrogen-bond acceptors (Lipinski definition) is 2. The Morgan fingerprint density at radius 2 is 1.87 bits per heavy atom. The molecule has 3 unspecified atom stereocenters.